The van der Waals surface area contributed by atoms with E-state index in [-0.39, 0.29) is 12.0 Å². The van der Waals surface area contributed by atoms with E-state index in [4.69, 9.17) is 0 Å². The van der Waals surface area contributed by atoms with Crippen molar-refractivity contribution < 1.29 is 9.53 Å². The van der Waals surface area contributed by atoms with Gasteiger partial charge in [-0.25, -0.2) is 9.78 Å². The molecule has 0 spiro atoms. The number of methoxy groups -OCH3 is 1. The number of nitrogens with zero attached hydrogens (tertiary/aromatic N) is 2. The first kappa shape index (κ1) is 14.4. The van der Waals surface area contributed by atoms with Gasteiger partial charge in [-0.1, -0.05) is 0 Å². The number of nitrogens with one attached hydrogen (secondary N) is 1. The number of aryl methyl sites for hydroxylation is 1. The molecule has 0 saturated heterocycles. The van der Waals surface area contributed by atoms with Gasteiger partial charge in [-0.15, -0.1) is 0 Å². The van der Waals surface area contributed by atoms with Gasteiger partial charge in [0.2, 0.25) is 0 Å². The van der Waals surface area contributed by atoms with Crippen LogP contribution in [0.2, 0.25) is 0 Å². The Kier molecular flexibility index (Phi) is 5.09. The fraction of sp³-hybridized carbons (Fsp3) is 0.538. The number of pyridine rings is 1. The molecule has 1 atom stereocenters. The standard InChI is InChI=1S/C13H21N3O2/c1-9(8-16(3)4)14-12-7-6-11(10(2)15-12)13(17)18-5/h6-7,9H,8H2,1-5H3,(H,14,15). The number of carbonyl (C=O) groups is 1. The fourth-order valence-corrected chi connectivity index (χ4v) is 1.81. The van der Waals surface area contributed by atoms with Crippen molar-refractivity contribution >= 4 is 11.8 Å². The van der Waals surface area contributed by atoms with Gasteiger partial charge in [-0.2, -0.15) is 0 Å². The van der Waals surface area contributed by atoms with Crippen LogP contribution in [0.4, 0.5) is 5.82 Å². The van der Waals surface area contributed by atoms with E-state index >= 15 is 0 Å². The van der Waals surface area contributed by atoms with Crippen molar-refractivity contribution in [2.45, 2.75) is 19.9 Å². The summed E-state index contributed by atoms with van der Waals surface area (Å²) in [6, 6.07) is 3.82. The Balaban J connectivity index is 2.75. The van der Waals surface area contributed by atoms with Crippen molar-refractivity contribution in [1.29, 1.82) is 0 Å². The molecule has 0 aromatic carbocycles. The Morgan fingerprint density at radius 2 is 2.17 bits per heavy atom. The highest BCUT2D eigenvalue weighted by molar-refractivity contribution is 5.90. The van der Waals surface area contributed by atoms with Gasteiger partial charge in [0, 0.05) is 12.6 Å². The average Bonchev–Trinajstić information content (AvgIpc) is 2.27. The monoisotopic (exact) mass is 251 g/mol. The smallest absolute Gasteiger partial charge is 0.339 e. The van der Waals surface area contributed by atoms with Crippen LogP contribution in [0.1, 0.15) is 23.0 Å². The summed E-state index contributed by atoms with van der Waals surface area (Å²) in [4.78, 5) is 17.9. The maximum absolute atomic E-state index is 11.4. The molecule has 100 valence electrons. The lowest BCUT2D eigenvalue weighted by molar-refractivity contribution is 0.0599. The lowest BCUT2D eigenvalue weighted by Gasteiger charge is -2.19. The van der Waals surface area contributed by atoms with Crippen LogP contribution in [0.25, 0.3) is 0 Å². The molecule has 1 aromatic rings. The predicted octanol–water partition coefficient (Wildman–Crippen LogP) is 1.54. The first-order chi connectivity index (χ1) is 8.43. The quantitative estimate of drug-likeness (QED) is 0.804. The molecule has 1 heterocycles. The van der Waals surface area contributed by atoms with Gasteiger partial charge in [0.05, 0.1) is 18.4 Å². The van der Waals surface area contributed by atoms with Crippen LogP contribution in [0.15, 0.2) is 12.1 Å². The summed E-state index contributed by atoms with van der Waals surface area (Å²) < 4.78 is 4.68. The van der Waals surface area contributed by atoms with Crippen molar-refractivity contribution in [2.75, 3.05) is 33.1 Å². The van der Waals surface area contributed by atoms with Gasteiger partial charge in [-0.05, 0) is 40.1 Å². The summed E-state index contributed by atoms with van der Waals surface area (Å²) in [6.07, 6.45) is 0. The molecule has 0 saturated carbocycles. The number of anilines is 1. The Bertz CT molecular complexity index is 419. The molecule has 0 aliphatic rings. The molecule has 0 aliphatic heterocycles. The zero-order chi connectivity index (χ0) is 13.7. The Morgan fingerprint density at radius 3 is 2.67 bits per heavy atom. The minimum atomic E-state index is -0.354. The molecular formula is C13H21N3O2. The van der Waals surface area contributed by atoms with Crippen molar-refractivity contribution in [3.8, 4) is 0 Å². The minimum absolute atomic E-state index is 0.288. The molecule has 0 aliphatic carbocycles. The number of ether oxygens (including phenoxy) is 1. The highest BCUT2D eigenvalue weighted by Gasteiger charge is 2.11. The number of rotatable bonds is 5. The zero-order valence-corrected chi connectivity index (χ0v) is 11.7. The Morgan fingerprint density at radius 1 is 1.50 bits per heavy atom. The summed E-state index contributed by atoms with van der Waals surface area (Å²) in [5.74, 6) is 0.419. The summed E-state index contributed by atoms with van der Waals surface area (Å²) in [5, 5.41) is 3.29. The number of hydrogen-bond donors (Lipinski definition) is 1. The third kappa shape index (κ3) is 4.00. The first-order valence-corrected chi connectivity index (χ1v) is 5.91. The molecule has 0 bridgehead atoms. The van der Waals surface area contributed by atoms with Crippen molar-refractivity contribution in [3.05, 3.63) is 23.4 Å². The van der Waals surface area contributed by atoms with Crippen molar-refractivity contribution in [2.24, 2.45) is 0 Å². The van der Waals surface area contributed by atoms with Crippen LogP contribution in [0.5, 0.6) is 0 Å². The van der Waals surface area contributed by atoms with Gasteiger partial charge in [0.15, 0.2) is 0 Å². The molecule has 5 heteroatoms. The third-order valence-electron chi connectivity index (χ3n) is 2.52. The van der Waals surface area contributed by atoms with Gasteiger partial charge < -0.3 is 15.0 Å². The van der Waals surface area contributed by atoms with Gasteiger partial charge in [0.1, 0.15) is 5.82 Å². The van der Waals surface area contributed by atoms with Crippen LogP contribution in [0, 0.1) is 6.92 Å². The minimum Gasteiger partial charge on any atom is -0.465 e. The summed E-state index contributed by atoms with van der Waals surface area (Å²) >= 11 is 0. The van der Waals surface area contributed by atoms with E-state index in [2.05, 4.69) is 26.9 Å². The van der Waals surface area contributed by atoms with Crippen molar-refractivity contribution in [1.82, 2.24) is 9.88 Å². The van der Waals surface area contributed by atoms with Crippen molar-refractivity contribution in [3.63, 3.8) is 0 Å². The second kappa shape index (κ2) is 6.35. The van der Waals surface area contributed by atoms with E-state index < -0.39 is 0 Å². The topological polar surface area (TPSA) is 54.5 Å². The van der Waals surface area contributed by atoms with E-state index in [1.807, 2.05) is 14.1 Å². The average molecular weight is 251 g/mol. The lowest BCUT2D eigenvalue weighted by atomic mass is 10.2. The largest absolute Gasteiger partial charge is 0.465 e. The van der Waals surface area contributed by atoms with Gasteiger partial charge in [0.25, 0.3) is 0 Å². The Labute approximate surface area is 108 Å². The molecule has 1 aromatic heterocycles. The Hall–Kier alpha value is -1.62. The van der Waals surface area contributed by atoms with E-state index in [0.717, 1.165) is 12.4 Å². The maximum atomic E-state index is 11.4. The number of esters is 1. The predicted molar refractivity (Wildman–Crippen MR) is 72.0 cm³/mol. The first-order valence-electron chi connectivity index (χ1n) is 5.91. The van der Waals surface area contributed by atoms with Gasteiger partial charge in [-0.3, -0.25) is 0 Å². The molecule has 18 heavy (non-hydrogen) atoms. The number of carbonyl (C=O) groups excluding carboxylic acids is 1. The number of aromatic nitrogens is 1. The highest BCUT2D eigenvalue weighted by atomic mass is 16.5. The zero-order valence-electron chi connectivity index (χ0n) is 11.7. The number of hydrogen-bond acceptors (Lipinski definition) is 5. The number of likely N-dealkylation sites (N-methyl/N-ethyl adjacent to an activating group) is 1. The molecule has 1 rings (SSSR count). The summed E-state index contributed by atoms with van der Waals surface area (Å²) in [7, 11) is 5.42. The summed E-state index contributed by atoms with van der Waals surface area (Å²) in [6.45, 7) is 4.80. The van der Waals surface area contributed by atoms with Crippen LogP contribution in [-0.4, -0.2) is 49.6 Å². The van der Waals surface area contributed by atoms with Crippen LogP contribution in [-0.2, 0) is 4.74 Å². The van der Waals surface area contributed by atoms with E-state index in [9.17, 15) is 4.79 Å². The van der Waals surface area contributed by atoms with Gasteiger partial charge >= 0.3 is 5.97 Å². The second-order valence-electron chi connectivity index (χ2n) is 4.63. The normalized spacial score (nSPS) is 12.3. The SMILES string of the molecule is COC(=O)c1ccc(NC(C)CN(C)C)nc1C. The molecule has 1 N–H and O–H groups in total. The molecule has 0 radical (unpaired) electrons. The fourth-order valence-electron chi connectivity index (χ4n) is 1.81. The molecular weight excluding hydrogens is 230 g/mol. The third-order valence-corrected chi connectivity index (χ3v) is 2.52. The van der Waals surface area contributed by atoms with Crippen LogP contribution >= 0.6 is 0 Å². The highest BCUT2D eigenvalue weighted by Crippen LogP contribution is 2.12. The molecule has 5 nitrogen and oxygen atoms in total. The van der Waals surface area contributed by atoms with Crippen LogP contribution in [0.3, 0.4) is 0 Å². The van der Waals surface area contributed by atoms with E-state index in [0.29, 0.717) is 11.3 Å². The van der Waals surface area contributed by atoms with E-state index in [1.54, 1.807) is 19.1 Å². The van der Waals surface area contributed by atoms with E-state index in [1.165, 1.54) is 7.11 Å². The van der Waals surface area contributed by atoms with Crippen LogP contribution < -0.4 is 5.32 Å². The molecule has 0 amide bonds. The second-order valence-corrected chi connectivity index (χ2v) is 4.63. The molecule has 0 fully saturated rings. The maximum Gasteiger partial charge on any atom is 0.339 e. The molecule has 1 unspecified atom stereocenters. The summed E-state index contributed by atoms with van der Waals surface area (Å²) in [5.41, 5.74) is 1.17. The lowest BCUT2D eigenvalue weighted by Crippen LogP contribution is -2.30.